The van der Waals surface area contributed by atoms with Crippen molar-refractivity contribution in [2.45, 2.75) is 264 Å². The zero-order chi connectivity index (χ0) is 43.7. The van der Waals surface area contributed by atoms with Crippen molar-refractivity contribution >= 4 is 17.9 Å². The van der Waals surface area contributed by atoms with Crippen molar-refractivity contribution in [2.24, 2.45) is 0 Å². The van der Waals surface area contributed by atoms with Gasteiger partial charge >= 0.3 is 17.9 Å². The lowest BCUT2D eigenvalue weighted by Crippen LogP contribution is -2.30. The molecule has 0 amide bonds. The van der Waals surface area contributed by atoms with E-state index < -0.39 is 6.10 Å². The van der Waals surface area contributed by atoms with Gasteiger partial charge in [-0.25, -0.2) is 0 Å². The Labute approximate surface area is 371 Å². The van der Waals surface area contributed by atoms with E-state index in [2.05, 4.69) is 69.4 Å². The van der Waals surface area contributed by atoms with E-state index in [-0.39, 0.29) is 31.1 Å². The Hall–Kier alpha value is -2.63. The van der Waals surface area contributed by atoms with Crippen LogP contribution in [0.5, 0.6) is 0 Å². The van der Waals surface area contributed by atoms with Crippen LogP contribution in [0.3, 0.4) is 0 Å². The molecule has 0 bridgehead atoms. The molecule has 1 atom stereocenters. The number of allylic oxidation sites excluding steroid dienone is 8. The third-order valence-electron chi connectivity index (χ3n) is 11.1. The summed E-state index contributed by atoms with van der Waals surface area (Å²) in [5.41, 5.74) is 0. The molecular weight excluding hydrogens is 745 g/mol. The Kier molecular flexibility index (Phi) is 46.9. The van der Waals surface area contributed by atoms with Gasteiger partial charge in [0.1, 0.15) is 13.2 Å². The molecule has 0 rings (SSSR count). The largest absolute Gasteiger partial charge is 0.462 e. The van der Waals surface area contributed by atoms with Crippen LogP contribution in [0.2, 0.25) is 0 Å². The summed E-state index contributed by atoms with van der Waals surface area (Å²) in [5, 5.41) is 0. The second-order valence-corrected chi connectivity index (χ2v) is 17.1. The van der Waals surface area contributed by atoms with Crippen LogP contribution in [0.15, 0.2) is 48.6 Å². The van der Waals surface area contributed by atoms with Crippen LogP contribution in [-0.2, 0) is 28.6 Å². The van der Waals surface area contributed by atoms with Crippen LogP contribution in [0.4, 0.5) is 0 Å². The van der Waals surface area contributed by atoms with Gasteiger partial charge in [0, 0.05) is 19.3 Å². The Morgan fingerprint density at radius 1 is 0.350 bits per heavy atom. The van der Waals surface area contributed by atoms with Gasteiger partial charge in [-0.1, -0.05) is 230 Å². The molecule has 0 aliphatic rings. The maximum Gasteiger partial charge on any atom is 0.306 e. The Bertz CT molecular complexity index is 1060. The SMILES string of the molecule is CC/C=C\C/C=C\C/C=C\C/C=C\CCCCC(=O)OC[C@H](COC(=O)CCCCCCCCCCCCCCC)OC(=O)CCCCCCCCCCCCCCCC. The molecule has 348 valence electrons. The van der Waals surface area contributed by atoms with E-state index in [4.69, 9.17) is 14.2 Å². The van der Waals surface area contributed by atoms with Crippen LogP contribution in [0.25, 0.3) is 0 Å². The summed E-state index contributed by atoms with van der Waals surface area (Å²) in [6.45, 7) is 6.50. The quantitative estimate of drug-likeness (QED) is 0.0263. The summed E-state index contributed by atoms with van der Waals surface area (Å²) in [6.07, 6.45) is 58.1. The zero-order valence-corrected chi connectivity index (χ0v) is 39.7. The molecule has 0 saturated carbocycles. The minimum absolute atomic E-state index is 0.0825. The molecule has 0 saturated heterocycles. The van der Waals surface area contributed by atoms with Crippen LogP contribution in [0.1, 0.15) is 258 Å². The number of unbranched alkanes of at least 4 members (excludes halogenated alkanes) is 27. The van der Waals surface area contributed by atoms with Crippen LogP contribution < -0.4 is 0 Å². The lowest BCUT2D eigenvalue weighted by atomic mass is 10.0. The normalized spacial score (nSPS) is 12.4. The third-order valence-corrected chi connectivity index (χ3v) is 11.1. The number of carbonyl (C=O) groups is 3. The van der Waals surface area contributed by atoms with E-state index in [1.165, 1.54) is 135 Å². The molecule has 0 fully saturated rings. The number of rotatable bonds is 46. The Balaban J connectivity index is 4.42. The second kappa shape index (κ2) is 49.0. The molecule has 0 aromatic rings. The molecule has 0 N–H and O–H groups in total. The predicted octanol–water partition coefficient (Wildman–Crippen LogP) is 16.7. The van der Waals surface area contributed by atoms with Gasteiger partial charge in [0.05, 0.1) is 0 Å². The highest BCUT2D eigenvalue weighted by atomic mass is 16.6. The Morgan fingerprint density at radius 2 is 0.650 bits per heavy atom. The van der Waals surface area contributed by atoms with E-state index >= 15 is 0 Å². The van der Waals surface area contributed by atoms with Crippen molar-refractivity contribution in [1.29, 1.82) is 0 Å². The molecule has 0 radical (unpaired) electrons. The van der Waals surface area contributed by atoms with E-state index in [1.807, 2.05) is 0 Å². The fraction of sp³-hybridized carbons (Fsp3) is 0.796. The highest BCUT2D eigenvalue weighted by molar-refractivity contribution is 5.71. The standard InChI is InChI=1S/C54H96O6/c1-4-7-10-13-16-19-22-25-27-30-32-35-38-41-44-47-53(56)59-50-51(49-58-52(55)46-43-40-37-34-31-28-24-21-18-15-12-9-6-3)60-54(57)48-45-42-39-36-33-29-26-23-20-17-14-11-8-5-2/h7,10,16,19,25,27,32,35,51H,4-6,8-9,11-15,17-18,20-24,26,28-31,33-34,36-50H2,1-3H3/b10-7-,19-16-,27-25-,35-32-/t51-/m0/s1. The van der Waals surface area contributed by atoms with Gasteiger partial charge < -0.3 is 14.2 Å². The molecular formula is C54H96O6. The highest BCUT2D eigenvalue weighted by Crippen LogP contribution is 2.16. The lowest BCUT2D eigenvalue weighted by Gasteiger charge is -2.18. The molecule has 6 nitrogen and oxygen atoms in total. The summed E-state index contributed by atoms with van der Waals surface area (Å²) in [4.78, 5) is 37.9. The number of hydrogen-bond acceptors (Lipinski definition) is 6. The van der Waals surface area contributed by atoms with Gasteiger partial charge in [-0.05, 0) is 57.8 Å². The first-order chi connectivity index (χ1) is 29.5. The number of esters is 3. The van der Waals surface area contributed by atoms with Gasteiger partial charge in [0.15, 0.2) is 6.10 Å². The monoisotopic (exact) mass is 841 g/mol. The fourth-order valence-corrected chi connectivity index (χ4v) is 7.26. The minimum atomic E-state index is -0.784. The minimum Gasteiger partial charge on any atom is -0.462 e. The molecule has 0 aromatic carbocycles. The van der Waals surface area contributed by atoms with Crippen molar-refractivity contribution in [2.75, 3.05) is 13.2 Å². The molecule has 0 spiro atoms. The summed E-state index contributed by atoms with van der Waals surface area (Å²) in [5.74, 6) is -0.916. The molecule has 0 aromatic heterocycles. The maximum atomic E-state index is 12.8. The molecule has 0 unspecified atom stereocenters. The van der Waals surface area contributed by atoms with Gasteiger partial charge in [-0.2, -0.15) is 0 Å². The van der Waals surface area contributed by atoms with E-state index in [0.717, 1.165) is 83.5 Å². The van der Waals surface area contributed by atoms with Crippen molar-refractivity contribution in [3.63, 3.8) is 0 Å². The molecule has 0 aliphatic carbocycles. The van der Waals surface area contributed by atoms with Crippen LogP contribution >= 0.6 is 0 Å². The first kappa shape index (κ1) is 57.4. The zero-order valence-electron chi connectivity index (χ0n) is 39.7. The van der Waals surface area contributed by atoms with E-state index in [0.29, 0.717) is 19.3 Å². The highest BCUT2D eigenvalue weighted by Gasteiger charge is 2.19. The Morgan fingerprint density at radius 3 is 1.02 bits per heavy atom. The average molecular weight is 841 g/mol. The summed E-state index contributed by atoms with van der Waals surface area (Å²) in [7, 11) is 0. The first-order valence-corrected chi connectivity index (χ1v) is 25.6. The average Bonchev–Trinajstić information content (AvgIpc) is 3.24. The van der Waals surface area contributed by atoms with Gasteiger partial charge in [0.25, 0.3) is 0 Å². The number of carbonyl (C=O) groups excluding carboxylic acids is 3. The van der Waals surface area contributed by atoms with Crippen molar-refractivity contribution < 1.29 is 28.6 Å². The smallest absolute Gasteiger partial charge is 0.306 e. The van der Waals surface area contributed by atoms with Gasteiger partial charge in [0.2, 0.25) is 0 Å². The predicted molar refractivity (Wildman–Crippen MR) is 256 cm³/mol. The van der Waals surface area contributed by atoms with Crippen LogP contribution in [0, 0.1) is 0 Å². The van der Waals surface area contributed by atoms with Crippen molar-refractivity contribution in [1.82, 2.24) is 0 Å². The van der Waals surface area contributed by atoms with Gasteiger partial charge in [-0.15, -0.1) is 0 Å². The lowest BCUT2D eigenvalue weighted by molar-refractivity contribution is -0.167. The maximum absolute atomic E-state index is 12.8. The summed E-state index contributed by atoms with van der Waals surface area (Å²) in [6, 6.07) is 0. The molecule has 6 heteroatoms. The third kappa shape index (κ3) is 46.4. The van der Waals surface area contributed by atoms with E-state index in [1.54, 1.807) is 0 Å². The molecule has 0 heterocycles. The number of hydrogen-bond donors (Lipinski definition) is 0. The van der Waals surface area contributed by atoms with E-state index in [9.17, 15) is 14.4 Å². The van der Waals surface area contributed by atoms with Crippen LogP contribution in [-0.4, -0.2) is 37.2 Å². The van der Waals surface area contributed by atoms with Gasteiger partial charge in [-0.3, -0.25) is 14.4 Å². The summed E-state index contributed by atoms with van der Waals surface area (Å²) < 4.78 is 16.8. The van der Waals surface area contributed by atoms with Crippen molar-refractivity contribution in [3.8, 4) is 0 Å². The fourth-order valence-electron chi connectivity index (χ4n) is 7.26. The molecule has 60 heavy (non-hydrogen) atoms. The summed E-state index contributed by atoms with van der Waals surface area (Å²) >= 11 is 0. The first-order valence-electron chi connectivity index (χ1n) is 25.6. The second-order valence-electron chi connectivity index (χ2n) is 17.1. The molecule has 0 aliphatic heterocycles. The topological polar surface area (TPSA) is 78.9 Å². The van der Waals surface area contributed by atoms with Crippen molar-refractivity contribution in [3.05, 3.63) is 48.6 Å². The number of ether oxygens (including phenoxy) is 3.